The molecule has 0 aliphatic heterocycles. The highest BCUT2D eigenvalue weighted by Gasteiger charge is 2.04. The lowest BCUT2D eigenvalue weighted by atomic mass is 9.97. The van der Waals surface area contributed by atoms with E-state index in [1.165, 1.54) is 12.0 Å². The van der Waals surface area contributed by atoms with Crippen LogP contribution in [-0.4, -0.2) is 18.3 Å². The van der Waals surface area contributed by atoms with Gasteiger partial charge in [-0.1, -0.05) is 32.4 Å². The number of hydrogen-bond acceptors (Lipinski definition) is 2. The van der Waals surface area contributed by atoms with E-state index in [4.69, 9.17) is 9.84 Å². The second-order valence-electron chi connectivity index (χ2n) is 4.39. The van der Waals surface area contributed by atoms with E-state index >= 15 is 0 Å². The highest BCUT2D eigenvalue weighted by molar-refractivity contribution is 5.36. The Labute approximate surface area is 98.3 Å². The summed E-state index contributed by atoms with van der Waals surface area (Å²) in [5.74, 6) is 1.60. The van der Waals surface area contributed by atoms with Crippen LogP contribution in [0.15, 0.2) is 18.2 Å². The number of benzene rings is 1. The molecule has 0 aromatic heterocycles. The first-order valence-corrected chi connectivity index (χ1v) is 6.00. The van der Waals surface area contributed by atoms with Crippen LogP contribution in [-0.2, 0) is 6.42 Å². The third-order valence-corrected chi connectivity index (χ3v) is 2.87. The molecule has 1 aromatic carbocycles. The van der Waals surface area contributed by atoms with Crippen molar-refractivity contribution in [2.45, 2.75) is 33.6 Å². The van der Waals surface area contributed by atoms with E-state index in [1.807, 2.05) is 13.0 Å². The Morgan fingerprint density at radius 2 is 2.12 bits per heavy atom. The van der Waals surface area contributed by atoms with Gasteiger partial charge in [-0.2, -0.15) is 0 Å². The molecule has 90 valence electrons. The molecule has 0 heterocycles. The van der Waals surface area contributed by atoms with E-state index < -0.39 is 0 Å². The summed E-state index contributed by atoms with van der Waals surface area (Å²) >= 11 is 0. The van der Waals surface area contributed by atoms with E-state index in [0.29, 0.717) is 6.61 Å². The van der Waals surface area contributed by atoms with Gasteiger partial charge in [-0.15, -0.1) is 0 Å². The van der Waals surface area contributed by atoms with Gasteiger partial charge in [-0.25, -0.2) is 0 Å². The third kappa shape index (κ3) is 3.86. The van der Waals surface area contributed by atoms with Gasteiger partial charge < -0.3 is 9.84 Å². The number of aliphatic hydroxyl groups is 1. The minimum absolute atomic E-state index is 0.0636. The summed E-state index contributed by atoms with van der Waals surface area (Å²) in [7, 11) is 0. The summed E-state index contributed by atoms with van der Waals surface area (Å²) in [5, 5.41) is 8.70. The quantitative estimate of drug-likeness (QED) is 0.802. The van der Waals surface area contributed by atoms with Crippen LogP contribution in [0.3, 0.4) is 0 Å². The minimum Gasteiger partial charge on any atom is -0.491 e. The van der Waals surface area contributed by atoms with Crippen molar-refractivity contribution < 1.29 is 9.84 Å². The van der Waals surface area contributed by atoms with Gasteiger partial charge in [0.1, 0.15) is 12.4 Å². The van der Waals surface area contributed by atoms with Crippen LogP contribution in [0.2, 0.25) is 0 Å². The van der Waals surface area contributed by atoms with E-state index in [0.717, 1.165) is 23.7 Å². The molecule has 0 spiro atoms. The van der Waals surface area contributed by atoms with Crippen LogP contribution < -0.4 is 4.74 Å². The molecule has 0 bridgehead atoms. The molecule has 0 saturated heterocycles. The summed E-state index contributed by atoms with van der Waals surface area (Å²) in [6, 6.07) is 6.30. The van der Waals surface area contributed by atoms with Crippen molar-refractivity contribution in [3.63, 3.8) is 0 Å². The van der Waals surface area contributed by atoms with E-state index in [1.54, 1.807) is 0 Å². The number of ether oxygens (including phenoxy) is 1. The van der Waals surface area contributed by atoms with Crippen molar-refractivity contribution in [1.29, 1.82) is 0 Å². The number of hydrogen-bond donors (Lipinski definition) is 1. The molecule has 1 rings (SSSR count). The second-order valence-corrected chi connectivity index (χ2v) is 4.39. The van der Waals surface area contributed by atoms with E-state index in [-0.39, 0.29) is 6.61 Å². The standard InChI is InChI=1S/C14H22O2/c1-4-11(2)9-13-5-6-14(12(3)10-13)16-8-7-15/h5-6,10-11,15H,4,7-9H2,1-3H3. The molecule has 0 aliphatic rings. The normalized spacial score (nSPS) is 12.5. The van der Waals surface area contributed by atoms with Crippen molar-refractivity contribution in [2.24, 2.45) is 5.92 Å². The largest absolute Gasteiger partial charge is 0.491 e. The maximum Gasteiger partial charge on any atom is 0.122 e. The van der Waals surface area contributed by atoms with Gasteiger partial charge in [0.2, 0.25) is 0 Å². The molecule has 1 aromatic rings. The van der Waals surface area contributed by atoms with Crippen LogP contribution in [0, 0.1) is 12.8 Å². The molecule has 0 fully saturated rings. The van der Waals surface area contributed by atoms with Gasteiger partial charge in [0.15, 0.2) is 0 Å². The first-order chi connectivity index (χ1) is 7.67. The van der Waals surface area contributed by atoms with Crippen molar-refractivity contribution in [3.05, 3.63) is 29.3 Å². The Bertz CT molecular complexity index is 321. The van der Waals surface area contributed by atoms with Crippen molar-refractivity contribution in [3.8, 4) is 5.75 Å². The lowest BCUT2D eigenvalue weighted by Gasteiger charge is -2.12. The Kier molecular flexibility index (Phi) is 5.33. The lowest BCUT2D eigenvalue weighted by Crippen LogP contribution is -2.04. The van der Waals surface area contributed by atoms with Crippen LogP contribution in [0.25, 0.3) is 0 Å². The van der Waals surface area contributed by atoms with Gasteiger partial charge in [-0.05, 0) is 36.5 Å². The molecule has 0 amide bonds. The van der Waals surface area contributed by atoms with Gasteiger partial charge in [0, 0.05) is 0 Å². The molecule has 0 saturated carbocycles. The molecule has 0 radical (unpaired) electrons. The topological polar surface area (TPSA) is 29.5 Å². The zero-order chi connectivity index (χ0) is 12.0. The van der Waals surface area contributed by atoms with Gasteiger partial charge in [0.25, 0.3) is 0 Å². The highest BCUT2D eigenvalue weighted by Crippen LogP contribution is 2.21. The Balaban J connectivity index is 2.66. The van der Waals surface area contributed by atoms with E-state index in [2.05, 4.69) is 26.0 Å². The Hall–Kier alpha value is -1.02. The average molecular weight is 222 g/mol. The van der Waals surface area contributed by atoms with Crippen LogP contribution in [0.4, 0.5) is 0 Å². The fourth-order valence-corrected chi connectivity index (χ4v) is 1.70. The molecular weight excluding hydrogens is 200 g/mol. The zero-order valence-corrected chi connectivity index (χ0v) is 10.5. The predicted molar refractivity (Wildman–Crippen MR) is 66.9 cm³/mol. The summed E-state index contributed by atoms with van der Waals surface area (Å²) in [4.78, 5) is 0. The second kappa shape index (κ2) is 6.54. The molecule has 2 heteroatoms. The minimum atomic E-state index is 0.0636. The summed E-state index contributed by atoms with van der Waals surface area (Å²) in [6.07, 6.45) is 2.33. The zero-order valence-electron chi connectivity index (χ0n) is 10.5. The summed E-state index contributed by atoms with van der Waals surface area (Å²) < 4.78 is 5.42. The maximum atomic E-state index is 8.70. The van der Waals surface area contributed by atoms with E-state index in [9.17, 15) is 0 Å². The first-order valence-electron chi connectivity index (χ1n) is 6.00. The molecule has 0 aliphatic carbocycles. The SMILES string of the molecule is CCC(C)Cc1ccc(OCCO)c(C)c1. The van der Waals surface area contributed by atoms with Crippen molar-refractivity contribution in [1.82, 2.24) is 0 Å². The average Bonchev–Trinajstić information content (AvgIpc) is 2.28. The molecule has 2 nitrogen and oxygen atoms in total. The van der Waals surface area contributed by atoms with Crippen LogP contribution in [0.5, 0.6) is 5.75 Å². The monoisotopic (exact) mass is 222 g/mol. The Morgan fingerprint density at radius 3 is 2.69 bits per heavy atom. The smallest absolute Gasteiger partial charge is 0.122 e. The lowest BCUT2D eigenvalue weighted by molar-refractivity contribution is 0.200. The molecule has 1 unspecified atom stereocenters. The third-order valence-electron chi connectivity index (χ3n) is 2.87. The van der Waals surface area contributed by atoms with Crippen molar-refractivity contribution in [2.75, 3.05) is 13.2 Å². The molecule has 1 N–H and O–H groups in total. The number of rotatable bonds is 6. The van der Waals surface area contributed by atoms with Crippen LogP contribution in [0.1, 0.15) is 31.4 Å². The fraction of sp³-hybridized carbons (Fsp3) is 0.571. The number of aryl methyl sites for hydroxylation is 1. The first kappa shape index (κ1) is 13.0. The van der Waals surface area contributed by atoms with Gasteiger partial charge in [0.05, 0.1) is 6.61 Å². The summed E-state index contributed by atoms with van der Waals surface area (Å²) in [6.45, 7) is 6.97. The molecular formula is C14H22O2. The fourth-order valence-electron chi connectivity index (χ4n) is 1.70. The van der Waals surface area contributed by atoms with Crippen molar-refractivity contribution >= 4 is 0 Å². The van der Waals surface area contributed by atoms with Crippen LogP contribution >= 0.6 is 0 Å². The molecule has 1 atom stereocenters. The summed E-state index contributed by atoms with van der Waals surface area (Å²) in [5.41, 5.74) is 2.51. The highest BCUT2D eigenvalue weighted by atomic mass is 16.5. The maximum absolute atomic E-state index is 8.70. The number of aliphatic hydroxyl groups excluding tert-OH is 1. The molecule has 16 heavy (non-hydrogen) atoms. The van der Waals surface area contributed by atoms with Gasteiger partial charge >= 0.3 is 0 Å². The predicted octanol–water partition coefficient (Wildman–Crippen LogP) is 2.95. The Morgan fingerprint density at radius 1 is 1.38 bits per heavy atom. The van der Waals surface area contributed by atoms with Gasteiger partial charge in [-0.3, -0.25) is 0 Å².